The third-order valence-electron chi connectivity index (χ3n) is 4.89. The molecule has 0 amide bonds. The van der Waals surface area contributed by atoms with E-state index in [4.69, 9.17) is 9.31 Å². The second kappa shape index (κ2) is 4.71. The van der Waals surface area contributed by atoms with E-state index in [9.17, 15) is 13.2 Å². The van der Waals surface area contributed by atoms with Crippen molar-refractivity contribution in [2.75, 3.05) is 0 Å². The van der Waals surface area contributed by atoms with E-state index in [1.807, 2.05) is 27.7 Å². The molecule has 2 fully saturated rings. The lowest BCUT2D eigenvalue weighted by Gasteiger charge is -2.34. The summed E-state index contributed by atoms with van der Waals surface area (Å²) in [4.78, 5) is 4.04. The van der Waals surface area contributed by atoms with Gasteiger partial charge in [0.05, 0.1) is 16.9 Å². The number of rotatable bonds is 2. The van der Waals surface area contributed by atoms with Crippen LogP contribution in [0.5, 0.6) is 0 Å². The van der Waals surface area contributed by atoms with Crippen molar-refractivity contribution in [2.24, 2.45) is 0 Å². The highest BCUT2D eigenvalue weighted by molar-refractivity contribution is 6.62. The summed E-state index contributed by atoms with van der Waals surface area (Å²) in [6, 6.07) is 1.28. The summed E-state index contributed by atoms with van der Waals surface area (Å²) in [5, 5.41) is 0. The topological polar surface area (TPSA) is 31.4 Å². The molecule has 0 unspecified atom stereocenters. The van der Waals surface area contributed by atoms with Crippen LogP contribution < -0.4 is 5.46 Å². The molecular formula is C15H19BF3NO2. The maximum absolute atomic E-state index is 14.2. The third-order valence-corrected chi connectivity index (χ3v) is 4.89. The number of halogens is 3. The Bertz CT molecular complexity index is 582. The van der Waals surface area contributed by atoms with Crippen LogP contribution in [0.25, 0.3) is 0 Å². The molecule has 2 aliphatic rings. The van der Waals surface area contributed by atoms with Gasteiger partial charge in [-0.15, -0.1) is 0 Å². The van der Waals surface area contributed by atoms with Crippen LogP contribution in [0, 0.1) is 5.82 Å². The van der Waals surface area contributed by atoms with E-state index < -0.39 is 36.0 Å². The van der Waals surface area contributed by atoms with Gasteiger partial charge in [-0.05, 0) is 33.8 Å². The lowest BCUT2D eigenvalue weighted by atomic mass is 9.76. The number of alkyl halides is 2. The van der Waals surface area contributed by atoms with Gasteiger partial charge in [-0.1, -0.05) is 0 Å². The number of aromatic nitrogens is 1. The first kappa shape index (κ1) is 15.8. The van der Waals surface area contributed by atoms with Crippen LogP contribution in [0.15, 0.2) is 12.3 Å². The standard InChI is InChI=1S/C15H19BF3NO2/c1-13(2)14(3,4)22-16(21-13)10-5-11(17)12(20-8-10)9-6-15(18,19)7-9/h5,8-9H,6-7H2,1-4H3. The van der Waals surface area contributed by atoms with Crippen LogP contribution in [-0.2, 0) is 9.31 Å². The van der Waals surface area contributed by atoms with Crippen molar-refractivity contribution in [3.05, 3.63) is 23.8 Å². The van der Waals surface area contributed by atoms with Gasteiger partial charge < -0.3 is 9.31 Å². The van der Waals surface area contributed by atoms with Gasteiger partial charge in [0.2, 0.25) is 5.92 Å². The fourth-order valence-electron chi connectivity index (χ4n) is 2.73. The van der Waals surface area contributed by atoms with Crippen molar-refractivity contribution in [1.29, 1.82) is 0 Å². The molecule has 1 aromatic heterocycles. The Morgan fingerprint density at radius 3 is 2.14 bits per heavy atom. The van der Waals surface area contributed by atoms with E-state index in [0.717, 1.165) is 0 Å². The zero-order valence-electron chi connectivity index (χ0n) is 13.1. The van der Waals surface area contributed by atoms with Gasteiger partial charge in [0.25, 0.3) is 0 Å². The van der Waals surface area contributed by atoms with Crippen molar-refractivity contribution in [3.8, 4) is 0 Å². The van der Waals surface area contributed by atoms with E-state index in [-0.39, 0.29) is 18.5 Å². The molecule has 1 aromatic rings. The van der Waals surface area contributed by atoms with E-state index in [1.165, 1.54) is 12.3 Å². The first-order valence-electron chi connectivity index (χ1n) is 7.40. The highest BCUT2D eigenvalue weighted by Crippen LogP contribution is 2.48. The van der Waals surface area contributed by atoms with Crippen molar-refractivity contribution >= 4 is 12.6 Å². The predicted molar refractivity (Wildman–Crippen MR) is 76.8 cm³/mol. The Balaban J connectivity index is 1.79. The van der Waals surface area contributed by atoms with Gasteiger partial charge in [0, 0.05) is 30.4 Å². The summed E-state index contributed by atoms with van der Waals surface area (Å²) in [5.74, 6) is -3.78. The molecule has 1 saturated carbocycles. The normalized spacial score (nSPS) is 26.0. The lowest BCUT2D eigenvalue weighted by molar-refractivity contribution is -0.0882. The minimum Gasteiger partial charge on any atom is -0.399 e. The summed E-state index contributed by atoms with van der Waals surface area (Å²) >= 11 is 0. The van der Waals surface area contributed by atoms with Gasteiger partial charge in [0.1, 0.15) is 5.82 Å². The van der Waals surface area contributed by atoms with Gasteiger partial charge >= 0.3 is 7.12 Å². The Morgan fingerprint density at radius 2 is 1.68 bits per heavy atom. The molecule has 1 saturated heterocycles. The predicted octanol–water partition coefficient (Wildman–Crippen LogP) is 3.03. The zero-order valence-corrected chi connectivity index (χ0v) is 13.1. The summed E-state index contributed by atoms with van der Waals surface area (Å²) < 4.78 is 51.7. The highest BCUT2D eigenvalue weighted by atomic mass is 19.3. The van der Waals surface area contributed by atoms with Crippen molar-refractivity contribution in [2.45, 2.75) is 63.6 Å². The number of hydrogen-bond donors (Lipinski definition) is 0. The molecule has 0 bridgehead atoms. The Morgan fingerprint density at radius 1 is 1.14 bits per heavy atom. The Labute approximate surface area is 128 Å². The summed E-state index contributed by atoms with van der Waals surface area (Å²) in [6.07, 6.45) is 0.774. The minimum absolute atomic E-state index is 0.103. The van der Waals surface area contributed by atoms with Crippen LogP contribution in [0.3, 0.4) is 0 Å². The first-order chi connectivity index (χ1) is 10.0. The van der Waals surface area contributed by atoms with Crippen LogP contribution in [0.1, 0.15) is 52.1 Å². The number of pyridine rings is 1. The molecule has 0 aromatic carbocycles. The second-order valence-electron chi connectivity index (χ2n) is 7.19. The average molecular weight is 313 g/mol. The molecule has 0 N–H and O–H groups in total. The quantitative estimate of drug-likeness (QED) is 0.787. The number of nitrogens with zero attached hydrogens (tertiary/aromatic N) is 1. The van der Waals surface area contributed by atoms with Crippen molar-refractivity contribution < 1.29 is 22.5 Å². The molecule has 7 heteroatoms. The SMILES string of the molecule is CC1(C)OB(c2cnc(C3CC(F)(F)C3)c(F)c2)OC1(C)C. The fourth-order valence-corrected chi connectivity index (χ4v) is 2.73. The molecule has 22 heavy (non-hydrogen) atoms. The molecule has 120 valence electrons. The van der Waals surface area contributed by atoms with E-state index in [1.54, 1.807) is 0 Å². The van der Waals surface area contributed by atoms with Gasteiger partial charge in [0.15, 0.2) is 0 Å². The van der Waals surface area contributed by atoms with Crippen LogP contribution in [0.2, 0.25) is 0 Å². The maximum Gasteiger partial charge on any atom is 0.496 e. The first-order valence-corrected chi connectivity index (χ1v) is 7.40. The summed E-state index contributed by atoms with van der Waals surface area (Å²) in [5.41, 5.74) is -0.483. The molecular weight excluding hydrogens is 294 g/mol. The fraction of sp³-hybridized carbons (Fsp3) is 0.667. The molecule has 0 spiro atoms. The summed E-state index contributed by atoms with van der Waals surface area (Å²) in [6.45, 7) is 7.62. The molecule has 3 nitrogen and oxygen atoms in total. The highest BCUT2D eigenvalue weighted by Gasteiger charge is 2.52. The smallest absolute Gasteiger partial charge is 0.399 e. The van der Waals surface area contributed by atoms with Gasteiger partial charge in [-0.2, -0.15) is 0 Å². The summed E-state index contributed by atoms with van der Waals surface area (Å²) in [7, 11) is -0.705. The molecule has 0 radical (unpaired) electrons. The lowest BCUT2D eigenvalue weighted by Crippen LogP contribution is -2.41. The zero-order chi connectivity index (χ0) is 16.3. The monoisotopic (exact) mass is 313 g/mol. The van der Waals surface area contributed by atoms with E-state index in [0.29, 0.717) is 5.46 Å². The molecule has 1 aliphatic carbocycles. The minimum atomic E-state index is -2.69. The average Bonchev–Trinajstić information content (AvgIpc) is 2.55. The van der Waals surface area contributed by atoms with Crippen molar-refractivity contribution in [3.63, 3.8) is 0 Å². The van der Waals surface area contributed by atoms with Gasteiger partial charge in [-0.3, -0.25) is 4.98 Å². The largest absolute Gasteiger partial charge is 0.496 e. The van der Waals surface area contributed by atoms with E-state index >= 15 is 0 Å². The van der Waals surface area contributed by atoms with Crippen molar-refractivity contribution in [1.82, 2.24) is 4.98 Å². The molecule has 0 atom stereocenters. The molecule has 2 heterocycles. The molecule has 1 aliphatic heterocycles. The van der Waals surface area contributed by atoms with Crippen LogP contribution in [-0.4, -0.2) is 29.2 Å². The molecule has 3 rings (SSSR count). The number of hydrogen-bond acceptors (Lipinski definition) is 3. The van der Waals surface area contributed by atoms with Crippen LogP contribution >= 0.6 is 0 Å². The third kappa shape index (κ3) is 2.54. The Hall–Kier alpha value is -1.08. The van der Waals surface area contributed by atoms with Gasteiger partial charge in [-0.25, -0.2) is 13.2 Å². The maximum atomic E-state index is 14.2. The Kier molecular flexibility index (Phi) is 3.38. The van der Waals surface area contributed by atoms with Crippen LogP contribution in [0.4, 0.5) is 13.2 Å². The second-order valence-corrected chi connectivity index (χ2v) is 7.19. The van der Waals surface area contributed by atoms with E-state index in [2.05, 4.69) is 4.98 Å².